The lowest BCUT2D eigenvalue weighted by molar-refractivity contribution is 0.0946. The van der Waals surface area contributed by atoms with E-state index < -0.39 is 0 Å². The molecule has 4 rings (SSSR count). The SMILES string of the molecule is CN(c1ccccc1)c1ccc(CNC(=O)c2cc(-c3ccccc3)n[nH]2)cn1. The van der Waals surface area contributed by atoms with Crippen molar-refractivity contribution >= 4 is 17.4 Å². The van der Waals surface area contributed by atoms with E-state index in [1.807, 2.05) is 84.7 Å². The van der Waals surface area contributed by atoms with Crippen LogP contribution in [0, 0.1) is 0 Å². The van der Waals surface area contributed by atoms with Crippen LogP contribution in [-0.2, 0) is 6.54 Å². The molecule has 0 saturated heterocycles. The number of H-pyrrole nitrogens is 1. The van der Waals surface area contributed by atoms with Gasteiger partial charge in [0.05, 0.1) is 5.69 Å². The Hall–Kier alpha value is -3.93. The predicted molar refractivity (Wildman–Crippen MR) is 114 cm³/mol. The molecule has 0 atom stereocenters. The van der Waals surface area contributed by atoms with Gasteiger partial charge in [0.15, 0.2) is 0 Å². The number of rotatable bonds is 6. The standard InChI is InChI=1S/C23H21N5O/c1-28(19-10-6-3-7-11-19)22-13-12-17(15-24-22)16-25-23(29)21-14-20(26-27-21)18-8-4-2-5-9-18/h2-15H,16H2,1H3,(H,25,29)(H,26,27). The zero-order valence-corrected chi connectivity index (χ0v) is 16.0. The molecule has 0 radical (unpaired) electrons. The van der Waals surface area contributed by atoms with Crippen molar-refractivity contribution in [1.82, 2.24) is 20.5 Å². The molecular weight excluding hydrogens is 362 g/mol. The molecule has 29 heavy (non-hydrogen) atoms. The molecule has 0 aliphatic rings. The quantitative estimate of drug-likeness (QED) is 0.524. The maximum atomic E-state index is 12.4. The second-order valence-electron chi connectivity index (χ2n) is 6.63. The van der Waals surface area contributed by atoms with Gasteiger partial charge in [-0.15, -0.1) is 0 Å². The van der Waals surface area contributed by atoms with Crippen LogP contribution in [0.2, 0.25) is 0 Å². The van der Waals surface area contributed by atoms with Gasteiger partial charge in [0, 0.05) is 31.0 Å². The zero-order valence-electron chi connectivity index (χ0n) is 16.0. The molecule has 1 amide bonds. The summed E-state index contributed by atoms with van der Waals surface area (Å²) < 4.78 is 0. The molecule has 0 aliphatic carbocycles. The normalized spacial score (nSPS) is 10.5. The summed E-state index contributed by atoms with van der Waals surface area (Å²) in [5.74, 6) is 0.637. The average Bonchev–Trinajstić information content (AvgIpc) is 3.29. The largest absolute Gasteiger partial charge is 0.347 e. The van der Waals surface area contributed by atoms with Gasteiger partial charge in [0.2, 0.25) is 0 Å². The molecule has 0 bridgehead atoms. The summed E-state index contributed by atoms with van der Waals surface area (Å²) in [5, 5.41) is 9.91. The number of nitrogens with one attached hydrogen (secondary N) is 2. The molecule has 6 nitrogen and oxygen atoms in total. The number of aromatic amines is 1. The minimum Gasteiger partial charge on any atom is -0.347 e. The van der Waals surface area contributed by atoms with E-state index in [0.29, 0.717) is 12.2 Å². The lowest BCUT2D eigenvalue weighted by Gasteiger charge is -2.18. The van der Waals surface area contributed by atoms with Crippen molar-refractivity contribution < 1.29 is 4.79 Å². The number of aromatic nitrogens is 3. The van der Waals surface area contributed by atoms with Crippen molar-refractivity contribution in [2.75, 3.05) is 11.9 Å². The topological polar surface area (TPSA) is 73.9 Å². The Balaban J connectivity index is 1.37. The maximum absolute atomic E-state index is 12.4. The van der Waals surface area contributed by atoms with Crippen LogP contribution in [-0.4, -0.2) is 28.1 Å². The van der Waals surface area contributed by atoms with Crippen LogP contribution in [0.5, 0.6) is 0 Å². The highest BCUT2D eigenvalue weighted by molar-refractivity contribution is 5.93. The van der Waals surface area contributed by atoms with Crippen molar-refractivity contribution in [1.29, 1.82) is 0 Å². The highest BCUT2D eigenvalue weighted by Gasteiger charge is 2.11. The Kier molecular flexibility index (Phi) is 5.33. The summed E-state index contributed by atoms with van der Waals surface area (Å²) in [6.45, 7) is 0.390. The van der Waals surface area contributed by atoms with E-state index in [0.717, 1.165) is 28.3 Å². The second-order valence-corrected chi connectivity index (χ2v) is 6.63. The number of carbonyl (C=O) groups excluding carboxylic acids is 1. The molecule has 4 aromatic rings. The van der Waals surface area contributed by atoms with Gasteiger partial charge in [-0.3, -0.25) is 9.89 Å². The van der Waals surface area contributed by atoms with Gasteiger partial charge in [0.25, 0.3) is 5.91 Å². The average molecular weight is 383 g/mol. The molecule has 2 heterocycles. The highest BCUT2D eigenvalue weighted by Crippen LogP contribution is 2.21. The van der Waals surface area contributed by atoms with Gasteiger partial charge in [-0.2, -0.15) is 5.10 Å². The fourth-order valence-corrected chi connectivity index (χ4v) is 2.98. The van der Waals surface area contributed by atoms with E-state index in [2.05, 4.69) is 20.5 Å². The Labute approximate surface area is 169 Å². The number of pyridine rings is 1. The monoisotopic (exact) mass is 383 g/mol. The molecule has 6 heteroatoms. The van der Waals surface area contributed by atoms with Crippen molar-refractivity contribution in [3.63, 3.8) is 0 Å². The number of hydrogen-bond donors (Lipinski definition) is 2. The fraction of sp³-hybridized carbons (Fsp3) is 0.0870. The number of nitrogens with zero attached hydrogens (tertiary/aromatic N) is 3. The smallest absolute Gasteiger partial charge is 0.269 e. The summed E-state index contributed by atoms with van der Waals surface area (Å²) in [7, 11) is 1.97. The van der Waals surface area contributed by atoms with Crippen LogP contribution < -0.4 is 10.2 Å². The first-order valence-corrected chi connectivity index (χ1v) is 9.33. The molecule has 2 aromatic heterocycles. The van der Waals surface area contributed by atoms with Crippen LogP contribution >= 0.6 is 0 Å². The second kappa shape index (κ2) is 8.39. The molecule has 2 aromatic carbocycles. The van der Waals surface area contributed by atoms with E-state index in [-0.39, 0.29) is 5.91 Å². The number of amides is 1. The molecule has 0 unspecified atom stereocenters. The highest BCUT2D eigenvalue weighted by atomic mass is 16.1. The number of hydrogen-bond acceptors (Lipinski definition) is 4. The first-order valence-electron chi connectivity index (χ1n) is 9.33. The van der Waals surface area contributed by atoms with Crippen molar-refractivity contribution in [3.05, 3.63) is 96.3 Å². The third-order valence-corrected chi connectivity index (χ3v) is 4.64. The zero-order chi connectivity index (χ0) is 20.1. The van der Waals surface area contributed by atoms with E-state index in [9.17, 15) is 4.79 Å². The number of benzene rings is 2. The Morgan fingerprint density at radius 2 is 1.72 bits per heavy atom. The number of carbonyl (C=O) groups is 1. The molecule has 0 fully saturated rings. The van der Waals surface area contributed by atoms with Crippen LogP contribution in [0.25, 0.3) is 11.3 Å². The summed E-state index contributed by atoms with van der Waals surface area (Å²) in [6, 6.07) is 25.4. The summed E-state index contributed by atoms with van der Waals surface area (Å²) in [5.41, 5.74) is 4.12. The fourth-order valence-electron chi connectivity index (χ4n) is 2.98. The molecule has 0 spiro atoms. The Bertz CT molecular complexity index is 1080. The van der Waals surface area contributed by atoms with Gasteiger partial charge < -0.3 is 10.2 Å². The third-order valence-electron chi connectivity index (χ3n) is 4.64. The lowest BCUT2D eigenvalue weighted by Crippen LogP contribution is -2.23. The van der Waals surface area contributed by atoms with Gasteiger partial charge in [-0.25, -0.2) is 4.98 Å². The van der Waals surface area contributed by atoms with Gasteiger partial charge in [-0.1, -0.05) is 54.6 Å². The van der Waals surface area contributed by atoms with Crippen LogP contribution in [0.15, 0.2) is 85.1 Å². The summed E-state index contributed by atoms with van der Waals surface area (Å²) in [4.78, 5) is 18.9. The maximum Gasteiger partial charge on any atom is 0.269 e. The van der Waals surface area contributed by atoms with E-state index in [1.54, 1.807) is 12.3 Å². The summed E-state index contributed by atoms with van der Waals surface area (Å²) >= 11 is 0. The van der Waals surface area contributed by atoms with Crippen molar-refractivity contribution in [2.45, 2.75) is 6.54 Å². The Morgan fingerprint density at radius 3 is 2.41 bits per heavy atom. The lowest BCUT2D eigenvalue weighted by atomic mass is 10.1. The third kappa shape index (κ3) is 4.32. The van der Waals surface area contributed by atoms with Crippen molar-refractivity contribution in [2.24, 2.45) is 0 Å². The number of para-hydroxylation sites is 1. The first-order chi connectivity index (χ1) is 14.2. The predicted octanol–water partition coefficient (Wildman–Crippen LogP) is 4.17. The molecule has 2 N–H and O–H groups in total. The summed E-state index contributed by atoms with van der Waals surface area (Å²) in [6.07, 6.45) is 1.78. The molecule has 0 saturated carbocycles. The van der Waals surface area contributed by atoms with Gasteiger partial charge >= 0.3 is 0 Å². The molecule has 0 aliphatic heterocycles. The molecular formula is C23H21N5O. The van der Waals surface area contributed by atoms with Gasteiger partial charge in [0.1, 0.15) is 11.5 Å². The Morgan fingerprint density at radius 1 is 1.00 bits per heavy atom. The van der Waals surface area contributed by atoms with E-state index >= 15 is 0 Å². The van der Waals surface area contributed by atoms with Crippen molar-refractivity contribution in [3.8, 4) is 11.3 Å². The van der Waals surface area contributed by atoms with Crippen LogP contribution in [0.3, 0.4) is 0 Å². The molecule has 144 valence electrons. The van der Waals surface area contributed by atoms with Crippen LogP contribution in [0.1, 0.15) is 16.1 Å². The number of anilines is 2. The van der Waals surface area contributed by atoms with Crippen LogP contribution in [0.4, 0.5) is 11.5 Å². The minimum absolute atomic E-state index is 0.204. The first kappa shape index (κ1) is 18.4. The minimum atomic E-state index is -0.204. The van der Waals surface area contributed by atoms with Gasteiger partial charge in [-0.05, 0) is 29.8 Å². The van der Waals surface area contributed by atoms with E-state index in [4.69, 9.17) is 0 Å². The van der Waals surface area contributed by atoms with E-state index in [1.165, 1.54) is 0 Å².